The van der Waals surface area contributed by atoms with Gasteiger partial charge in [-0.05, 0) is 31.2 Å². The van der Waals surface area contributed by atoms with Gasteiger partial charge in [-0.15, -0.1) is 0 Å². The van der Waals surface area contributed by atoms with Crippen molar-refractivity contribution in [3.63, 3.8) is 0 Å². The minimum Gasteiger partial charge on any atom is -0.550 e. The maximum Gasteiger partial charge on any atom is 0.410 e. The summed E-state index contributed by atoms with van der Waals surface area (Å²) in [6.45, 7) is 0.360. The van der Waals surface area contributed by atoms with Crippen LogP contribution in [0.4, 0.5) is 4.79 Å². The number of benzene rings is 1. The summed E-state index contributed by atoms with van der Waals surface area (Å²) in [6.07, 6.45) is -0.648. The highest BCUT2D eigenvalue weighted by Gasteiger charge is 2.36. The smallest absolute Gasteiger partial charge is 0.410 e. The van der Waals surface area contributed by atoms with Crippen LogP contribution >= 0.6 is 0 Å². The molecule has 1 N–H and O–H groups in total. The quantitative estimate of drug-likeness (QED) is 0.586. The standard InChI is InChI=1S/C18H22N2O7/c21-15(22)9-8-13(17(24)25)19-16(23)14-7-4-10-20(14)18(26)27-11-12-5-2-1-3-6-12/h1-3,5-6,13-14H,4,7-11H2,(H,19,23)(H,21,22)(H,24,25)/p-2/t13-,14+/m1/s1. The first-order valence-electron chi connectivity index (χ1n) is 8.57. The van der Waals surface area contributed by atoms with Gasteiger partial charge in [0.05, 0.1) is 12.0 Å². The van der Waals surface area contributed by atoms with E-state index >= 15 is 0 Å². The second-order valence-corrected chi connectivity index (χ2v) is 6.18. The van der Waals surface area contributed by atoms with Crippen LogP contribution in [-0.2, 0) is 25.7 Å². The molecule has 1 aromatic rings. The van der Waals surface area contributed by atoms with Crippen molar-refractivity contribution < 1.29 is 34.1 Å². The molecule has 146 valence electrons. The van der Waals surface area contributed by atoms with Crippen molar-refractivity contribution in [1.82, 2.24) is 10.2 Å². The van der Waals surface area contributed by atoms with Gasteiger partial charge in [-0.3, -0.25) is 9.69 Å². The minimum absolute atomic E-state index is 0.0534. The first-order valence-corrected chi connectivity index (χ1v) is 8.57. The number of nitrogens with one attached hydrogen (secondary N) is 1. The van der Waals surface area contributed by atoms with Gasteiger partial charge >= 0.3 is 6.09 Å². The molecule has 0 spiro atoms. The van der Waals surface area contributed by atoms with Gasteiger partial charge in [0.1, 0.15) is 12.6 Å². The zero-order chi connectivity index (χ0) is 19.8. The van der Waals surface area contributed by atoms with Gasteiger partial charge in [0.25, 0.3) is 0 Å². The summed E-state index contributed by atoms with van der Waals surface area (Å²) >= 11 is 0. The van der Waals surface area contributed by atoms with Gasteiger partial charge in [-0.2, -0.15) is 0 Å². The number of carbonyl (C=O) groups is 4. The molecule has 9 nitrogen and oxygen atoms in total. The summed E-state index contributed by atoms with van der Waals surface area (Å²) in [4.78, 5) is 47.5. The lowest BCUT2D eigenvalue weighted by Crippen LogP contribution is -2.54. The van der Waals surface area contributed by atoms with Crippen molar-refractivity contribution in [2.24, 2.45) is 0 Å². The van der Waals surface area contributed by atoms with Crippen LogP contribution in [0.2, 0.25) is 0 Å². The number of carbonyl (C=O) groups excluding carboxylic acids is 4. The van der Waals surface area contributed by atoms with E-state index in [1.165, 1.54) is 4.90 Å². The molecule has 0 bridgehead atoms. The number of hydrogen-bond acceptors (Lipinski definition) is 7. The average molecular weight is 376 g/mol. The molecule has 1 aliphatic heterocycles. The monoisotopic (exact) mass is 376 g/mol. The van der Waals surface area contributed by atoms with Crippen molar-refractivity contribution in [1.29, 1.82) is 0 Å². The summed E-state index contributed by atoms with van der Waals surface area (Å²) in [7, 11) is 0. The summed E-state index contributed by atoms with van der Waals surface area (Å²) in [5.74, 6) is -3.71. The number of hydrogen-bond donors (Lipinski definition) is 1. The van der Waals surface area contributed by atoms with Gasteiger partial charge in [0.2, 0.25) is 5.91 Å². The SMILES string of the molecule is O=C([O-])CC[C@@H](NC(=O)[C@@H]1CCCN1C(=O)OCc1ccccc1)C(=O)[O-]. The second kappa shape index (κ2) is 9.56. The lowest BCUT2D eigenvalue weighted by molar-refractivity contribution is -0.310. The van der Waals surface area contributed by atoms with E-state index in [2.05, 4.69) is 5.32 Å². The van der Waals surface area contributed by atoms with E-state index in [9.17, 15) is 29.4 Å². The van der Waals surface area contributed by atoms with Crippen LogP contribution < -0.4 is 15.5 Å². The van der Waals surface area contributed by atoms with Crippen LogP contribution in [-0.4, -0.2) is 47.5 Å². The number of rotatable bonds is 8. The Hall–Kier alpha value is -3.10. The van der Waals surface area contributed by atoms with E-state index in [-0.39, 0.29) is 13.0 Å². The Labute approximate surface area is 155 Å². The Morgan fingerprint density at radius 3 is 2.52 bits per heavy atom. The van der Waals surface area contributed by atoms with E-state index in [0.717, 1.165) is 5.56 Å². The van der Waals surface area contributed by atoms with Crippen LogP contribution in [0.15, 0.2) is 30.3 Å². The molecule has 0 saturated carbocycles. The van der Waals surface area contributed by atoms with E-state index in [0.29, 0.717) is 19.4 Å². The predicted octanol–water partition coefficient (Wildman–Crippen LogP) is -1.45. The Kier molecular flexibility index (Phi) is 7.16. The molecule has 1 saturated heterocycles. The van der Waals surface area contributed by atoms with Gasteiger partial charge in [0, 0.05) is 12.5 Å². The molecule has 2 rings (SSSR count). The molecule has 1 aromatic carbocycles. The molecular weight excluding hydrogens is 356 g/mol. The molecule has 0 aliphatic carbocycles. The van der Waals surface area contributed by atoms with Crippen molar-refractivity contribution in [2.75, 3.05) is 6.54 Å². The molecule has 2 atom stereocenters. The van der Waals surface area contributed by atoms with Crippen LogP contribution in [0, 0.1) is 0 Å². The summed E-state index contributed by atoms with van der Waals surface area (Å²) < 4.78 is 5.22. The van der Waals surface area contributed by atoms with Crippen LogP contribution in [0.5, 0.6) is 0 Å². The van der Waals surface area contributed by atoms with Gasteiger partial charge in [0.15, 0.2) is 0 Å². The van der Waals surface area contributed by atoms with Crippen molar-refractivity contribution in [2.45, 2.75) is 44.4 Å². The average Bonchev–Trinajstić information content (AvgIpc) is 3.13. The van der Waals surface area contributed by atoms with Gasteiger partial charge < -0.3 is 29.9 Å². The van der Waals surface area contributed by atoms with Crippen LogP contribution in [0.1, 0.15) is 31.2 Å². The zero-order valence-corrected chi connectivity index (χ0v) is 14.6. The summed E-state index contributed by atoms with van der Waals surface area (Å²) in [6, 6.07) is 6.69. The third kappa shape index (κ3) is 5.98. The molecular formula is C18H20N2O7-2. The topological polar surface area (TPSA) is 139 Å². The number of aliphatic carboxylic acids is 2. The van der Waals surface area contributed by atoms with E-state index in [4.69, 9.17) is 4.74 Å². The minimum atomic E-state index is -1.60. The molecule has 27 heavy (non-hydrogen) atoms. The highest BCUT2D eigenvalue weighted by Crippen LogP contribution is 2.19. The lowest BCUT2D eigenvalue weighted by Gasteiger charge is -2.26. The molecule has 1 fully saturated rings. The van der Waals surface area contributed by atoms with E-state index < -0.39 is 42.4 Å². The number of likely N-dealkylation sites (tertiary alicyclic amines) is 1. The first kappa shape index (κ1) is 20.2. The predicted molar refractivity (Wildman–Crippen MR) is 87.5 cm³/mol. The Bertz CT molecular complexity index is 692. The Morgan fingerprint density at radius 1 is 1.19 bits per heavy atom. The third-order valence-electron chi connectivity index (χ3n) is 4.23. The number of amides is 2. The molecule has 0 aromatic heterocycles. The Morgan fingerprint density at radius 2 is 1.89 bits per heavy atom. The van der Waals surface area contributed by atoms with Gasteiger partial charge in [-0.25, -0.2) is 4.79 Å². The zero-order valence-electron chi connectivity index (χ0n) is 14.6. The molecule has 1 heterocycles. The highest BCUT2D eigenvalue weighted by atomic mass is 16.6. The number of carboxylic acids is 2. The Balaban J connectivity index is 1.92. The molecule has 0 unspecified atom stereocenters. The normalized spacial score (nSPS) is 17.2. The van der Waals surface area contributed by atoms with Crippen molar-refractivity contribution in [3.8, 4) is 0 Å². The fraction of sp³-hybridized carbons (Fsp3) is 0.444. The van der Waals surface area contributed by atoms with Gasteiger partial charge in [-0.1, -0.05) is 30.3 Å². The molecule has 2 amide bonds. The highest BCUT2D eigenvalue weighted by molar-refractivity contribution is 5.89. The van der Waals surface area contributed by atoms with E-state index in [1.54, 1.807) is 12.1 Å². The first-order chi connectivity index (χ1) is 12.9. The van der Waals surface area contributed by atoms with Crippen molar-refractivity contribution >= 4 is 23.9 Å². The number of carboxylic acid groups (broad SMARTS) is 2. The van der Waals surface area contributed by atoms with E-state index in [1.807, 2.05) is 18.2 Å². The fourth-order valence-electron chi connectivity index (χ4n) is 2.84. The fourth-order valence-corrected chi connectivity index (χ4v) is 2.84. The van der Waals surface area contributed by atoms with Crippen molar-refractivity contribution in [3.05, 3.63) is 35.9 Å². The molecule has 0 radical (unpaired) electrons. The summed E-state index contributed by atoms with van der Waals surface area (Å²) in [5.41, 5.74) is 0.797. The summed E-state index contributed by atoms with van der Waals surface area (Å²) in [5, 5.41) is 23.8. The maximum atomic E-state index is 12.4. The lowest BCUT2D eigenvalue weighted by atomic mass is 10.1. The third-order valence-corrected chi connectivity index (χ3v) is 4.23. The number of nitrogens with zero attached hydrogens (tertiary/aromatic N) is 1. The second-order valence-electron chi connectivity index (χ2n) is 6.18. The van der Waals surface area contributed by atoms with Crippen LogP contribution in [0.3, 0.4) is 0 Å². The largest absolute Gasteiger partial charge is 0.550 e. The molecule has 1 aliphatic rings. The number of ether oxygens (including phenoxy) is 1. The van der Waals surface area contributed by atoms with Crippen LogP contribution in [0.25, 0.3) is 0 Å². The maximum absolute atomic E-state index is 12.4. The molecule has 9 heteroatoms.